The van der Waals surface area contributed by atoms with Gasteiger partial charge in [-0.1, -0.05) is 36.8 Å². The summed E-state index contributed by atoms with van der Waals surface area (Å²) < 4.78 is 40.5. The van der Waals surface area contributed by atoms with Gasteiger partial charge in [0.15, 0.2) is 5.13 Å². The molecule has 9 nitrogen and oxygen atoms in total. The summed E-state index contributed by atoms with van der Waals surface area (Å²) in [6.45, 7) is 7.09. The van der Waals surface area contributed by atoms with E-state index in [1.807, 2.05) is 6.07 Å². The van der Waals surface area contributed by atoms with Gasteiger partial charge >= 0.3 is 0 Å². The fraction of sp³-hybridized carbons (Fsp3) is 0.500. The Bertz CT molecular complexity index is 1310. The lowest BCUT2D eigenvalue weighted by molar-refractivity contribution is -0.121. The maximum atomic E-state index is 14.1. The summed E-state index contributed by atoms with van der Waals surface area (Å²) >= 11 is 8.35. The molecular weight excluding hydrogens is 556 g/mol. The lowest BCUT2D eigenvalue weighted by Gasteiger charge is -2.29. The number of aromatic nitrogens is 1. The number of hydrogen-bond donors (Lipinski definition) is 0. The first kappa shape index (κ1) is 28.1. The van der Waals surface area contributed by atoms with E-state index < -0.39 is 16.1 Å². The van der Waals surface area contributed by atoms with Gasteiger partial charge in [0, 0.05) is 19.6 Å². The molecule has 37 heavy (non-hydrogen) atoms. The lowest BCUT2D eigenvalue weighted by Crippen LogP contribution is -2.49. The van der Waals surface area contributed by atoms with E-state index in [-0.39, 0.29) is 16.7 Å². The number of fused-ring (bicyclic) bond motifs is 1. The second kappa shape index (κ2) is 11.8. The van der Waals surface area contributed by atoms with Crippen LogP contribution in [0.15, 0.2) is 28.5 Å². The fourth-order valence-electron chi connectivity index (χ4n) is 4.48. The van der Waals surface area contributed by atoms with Gasteiger partial charge < -0.3 is 14.4 Å². The molecule has 3 heterocycles. The van der Waals surface area contributed by atoms with E-state index in [1.54, 1.807) is 31.3 Å². The molecule has 0 aliphatic carbocycles. The van der Waals surface area contributed by atoms with Crippen LogP contribution in [0.25, 0.3) is 10.2 Å². The van der Waals surface area contributed by atoms with Crippen molar-refractivity contribution in [2.45, 2.75) is 36.9 Å². The highest BCUT2D eigenvalue weighted by Gasteiger charge is 2.42. The molecule has 1 amide bonds. The first-order chi connectivity index (χ1) is 17.7. The average molecular weight is 587 g/mol. The summed E-state index contributed by atoms with van der Waals surface area (Å²) in [7, 11) is -0.705. The number of ether oxygens (including phenoxy) is 2. The summed E-state index contributed by atoms with van der Waals surface area (Å²) in [6, 6.07) is 5.82. The van der Waals surface area contributed by atoms with Crippen molar-refractivity contribution >= 4 is 65.6 Å². The highest BCUT2D eigenvalue weighted by atomic mass is 35.5. The fourth-order valence-corrected chi connectivity index (χ4v) is 8.85. The van der Waals surface area contributed by atoms with Gasteiger partial charge in [-0.3, -0.25) is 9.69 Å². The number of carbonyl (C=O) groups excluding carboxylic acids is 1. The zero-order chi connectivity index (χ0) is 26.7. The first-order valence-corrected chi connectivity index (χ1v) is 15.5. The Labute approximate surface area is 230 Å². The van der Waals surface area contributed by atoms with Crippen LogP contribution in [-0.2, 0) is 14.8 Å². The predicted octanol–water partition coefficient (Wildman–Crippen LogP) is 4.56. The summed E-state index contributed by atoms with van der Waals surface area (Å²) in [5.74, 6) is 0.928. The molecular formula is C24H31ClN4O5S3. The van der Waals surface area contributed by atoms with Crippen molar-refractivity contribution in [2.24, 2.45) is 0 Å². The Balaban J connectivity index is 1.73. The number of anilines is 1. The Morgan fingerprint density at radius 3 is 2.43 bits per heavy atom. The topological polar surface area (TPSA) is 92.3 Å². The molecule has 0 bridgehead atoms. The molecule has 0 radical (unpaired) electrons. The molecule has 1 saturated heterocycles. The van der Waals surface area contributed by atoms with Crippen LogP contribution < -0.4 is 14.4 Å². The molecule has 2 aromatic heterocycles. The van der Waals surface area contributed by atoms with Crippen LogP contribution in [0.1, 0.15) is 26.7 Å². The minimum atomic E-state index is -3.86. The highest BCUT2D eigenvalue weighted by molar-refractivity contribution is 7.91. The summed E-state index contributed by atoms with van der Waals surface area (Å²) in [5, 5.41) is 0.485. The van der Waals surface area contributed by atoms with Crippen molar-refractivity contribution in [3.05, 3.63) is 28.6 Å². The van der Waals surface area contributed by atoms with Crippen LogP contribution >= 0.6 is 34.3 Å². The minimum Gasteiger partial charge on any atom is -0.495 e. The molecule has 0 N–H and O–H groups in total. The van der Waals surface area contributed by atoms with Crippen LogP contribution in [0.2, 0.25) is 4.34 Å². The average Bonchev–Trinajstić information content (AvgIpc) is 3.65. The Hall–Kier alpha value is -1.96. The van der Waals surface area contributed by atoms with E-state index in [1.165, 1.54) is 21.7 Å². The van der Waals surface area contributed by atoms with Gasteiger partial charge in [0.25, 0.3) is 10.0 Å². The molecule has 1 aliphatic rings. The van der Waals surface area contributed by atoms with Gasteiger partial charge in [-0.05, 0) is 50.2 Å². The van der Waals surface area contributed by atoms with E-state index in [0.717, 1.165) is 29.1 Å². The standard InChI is InChI=1S/C24H31ClN4O5S3/c1-5-27(6-2)14-15-28(24-26-21-17(33-3)9-10-18(34-4)22(21)36-24)23(30)16-8-7-13-29(16)37(31,32)20-12-11-19(25)35-20/h9-12,16H,5-8,13-15H2,1-4H3. The SMILES string of the molecule is CCN(CC)CCN(C(=O)C1CCCN1S(=O)(=O)c1ccc(Cl)s1)c1nc2c(OC)ccc(OC)c2s1. The van der Waals surface area contributed by atoms with E-state index >= 15 is 0 Å². The number of carbonyl (C=O) groups is 1. The molecule has 1 unspecified atom stereocenters. The number of amides is 1. The Kier molecular flexibility index (Phi) is 8.97. The van der Waals surface area contributed by atoms with Gasteiger partial charge in [-0.2, -0.15) is 4.31 Å². The molecule has 4 rings (SSSR count). The van der Waals surface area contributed by atoms with Gasteiger partial charge in [-0.15, -0.1) is 11.3 Å². The van der Waals surface area contributed by atoms with Crippen LogP contribution in [0.4, 0.5) is 5.13 Å². The number of benzene rings is 1. The van der Waals surface area contributed by atoms with Gasteiger partial charge in [-0.25, -0.2) is 13.4 Å². The number of thiazole rings is 1. The van der Waals surface area contributed by atoms with Gasteiger partial charge in [0.2, 0.25) is 5.91 Å². The molecule has 13 heteroatoms. The van der Waals surface area contributed by atoms with Crippen LogP contribution in [0, 0.1) is 0 Å². The zero-order valence-corrected chi connectivity index (χ0v) is 24.5. The normalized spacial score (nSPS) is 16.5. The molecule has 1 fully saturated rings. The van der Waals surface area contributed by atoms with Crippen molar-refractivity contribution in [3.8, 4) is 11.5 Å². The van der Waals surface area contributed by atoms with Gasteiger partial charge in [0.05, 0.1) is 18.6 Å². The van der Waals surface area contributed by atoms with Crippen LogP contribution in [0.5, 0.6) is 11.5 Å². The smallest absolute Gasteiger partial charge is 0.253 e. The predicted molar refractivity (Wildman–Crippen MR) is 149 cm³/mol. The zero-order valence-electron chi connectivity index (χ0n) is 21.3. The van der Waals surface area contributed by atoms with Crippen molar-refractivity contribution in [2.75, 3.05) is 51.8 Å². The number of halogens is 1. The summed E-state index contributed by atoms with van der Waals surface area (Å²) in [4.78, 5) is 22.7. The first-order valence-electron chi connectivity index (χ1n) is 12.1. The number of rotatable bonds is 11. The minimum absolute atomic E-state index is 0.140. The number of hydrogen-bond acceptors (Lipinski definition) is 9. The van der Waals surface area contributed by atoms with E-state index in [4.69, 9.17) is 26.1 Å². The van der Waals surface area contributed by atoms with Crippen molar-refractivity contribution in [3.63, 3.8) is 0 Å². The molecule has 1 aliphatic heterocycles. The molecule has 0 saturated carbocycles. The third kappa shape index (κ3) is 5.59. The van der Waals surface area contributed by atoms with E-state index in [2.05, 4.69) is 18.7 Å². The highest BCUT2D eigenvalue weighted by Crippen LogP contribution is 2.41. The number of thiophene rings is 1. The second-order valence-electron chi connectivity index (χ2n) is 8.49. The molecule has 202 valence electrons. The van der Waals surface area contributed by atoms with Crippen molar-refractivity contribution < 1.29 is 22.7 Å². The Morgan fingerprint density at radius 1 is 1.11 bits per heavy atom. The van der Waals surface area contributed by atoms with E-state index in [9.17, 15) is 13.2 Å². The summed E-state index contributed by atoms with van der Waals surface area (Å²) in [6.07, 6.45) is 1.04. The van der Waals surface area contributed by atoms with Gasteiger partial charge in [0.1, 0.15) is 32.0 Å². The van der Waals surface area contributed by atoms with E-state index in [0.29, 0.717) is 52.4 Å². The third-order valence-electron chi connectivity index (χ3n) is 6.53. The molecule has 1 atom stereocenters. The number of methoxy groups -OCH3 is 2. The quantitative estimate of drug-likeness (QED) is 0.325. The second-order valence-corrected chi connectivity index (χ2v) is 13.3. The number of sulfonamides is 1. The monoisotopic (exact) mass is 586 g/mol. The maximum absolute atomic E-state index is 14.1. The maximum Gasteiger partial charge on any atom is 0.253 e. The number of likely N-dealkylation sites (N-methyl/N-ethyl adjacent to an activating group) is 1. The lowest BCUT2D eigenvalue weighted by atomic mass is 10.2. The van der Waals surface area contributed by atoms with Crippen LogP contribution in [-0.4, -0.2) is 81.5 Å². The molecule has 0 spiro atoms. The van der Waals surface area contributed by atoms with Crippen LogP contribution in [0.3, 0.4) is 0 Å². The third-order valence-corrected chi connectivity index (χ3v) is 11.2. The molecule has 1 aromatic carbocycles. The molecule has 3 aromatic rings. The van der Waals surface area contributed by atoms with Crippen molar-refractivity contribution in [1.82, 2.24) is 14.2 Å². The largest absolute Gasteiger partial charge is 0.495 e. The van der Waals surface area contributed by atoms with Crippen molar-refractivity contribution in [1.29, 1.82) is 0 Å². The summed E-state index contributed by atoms with van der Waals surface area (Å²) in [5.41, 5.74) is 0.603. The Morgan fingerprint density at radius 2 is 1.81 bits per heavy atom. The number of nitrogens with zero attached hydrogens (tertiary/aromatic N) is 4.